The zero-order valence-corrected chi connectivity index (χ0v) is 34.4. The Morgan fingerprint density at radius 3 is 1.14 bits per heavy atom. The molecule has 0 heterocycles. The Morgan fingerprint density at radius 1 is 0.451 bits per heavy atom. The fourth-order valence-electron chi connectivity index (χ4n) is 6.84. The van der Waals surface area contributed by atoms with Crippen LogP contribution in [0.3, 0.4) is 0 Å². The highest BCUT2D eigenvalue weighted by Crippen LogP contribution is 2.15. The van der Waals surface area contributed by atoms with E-state index in [0.29, 0.717) is 6.42 Å². The van der Waals surface area contributed by atoms with Crippen LogP contribution in [0.25, 0.3) is 0 Å². The van der Waals surface area contributed by atoms with Gasteiger partial charge in [-0.05, 0) is 57.8 Å². The van der Waals surface area contributed by atoms with Gasteiger partial charge in [0.1, 0.15) is 0 Å². The molecule has 0 aliphatic carbocycles. The highest BCUT2D eigenvalue weighted by Gasteiger charge is 2.17. The van der Waals surface area contributed by atoms with E-state index in [2.05, 4.69) is 43.5 Å². The third-order valence-electron chi connectivity index (χ3n) is 10.3. The van der Waals surface area contributed by atoms with Crippen molar-refractivity contribution in [2.45, 2.75) is 251 Å². The minimum absolute atomic E-state index is 0.0749. The molecule has 51 heavy (non-hydrogen) atoms. The van der Waals surface area contributed by atoms with E-state index in [1.807, 2.05) is 6.08 Å². The number of aliphatic hydroxyl groups is 2. The first-order chi connectivity index (χ1) is 25.2. The molecule has 0 fully saturated rings. The maximum atomic E-state index is 12.4. The number of rotatable bonds is 41. The predicted molar refractivity (Wildman–Crippen MR) is 225 cm³/mol. The molecule has 0 aliphatic heterocycles. The zero-order valence-electron chi connectivity index (χ0n) is 34.4. The molecule has 4 heteroatoms. The molecule has 3 N–H and O–H groups in total. The van der Waals surface area contributed by atoms with E-state index >= 15 is 0 Å². The van der Waals surface area contributed by atoms with Gasteiger partial charge in [0, 0.05) is 6.42 Å². The normalized spacial score (nSPS) is 13.3. The molecule has 0 saturated carbocycles. The maximum absolute atomic E-state index is 12.4. The number of amides is 1. The molecule has 0 spiro atoms. The lowest BCUT2D eigenvalue weighted by Crippen LogP contribution is -2.45. The Hall–Kier alpha value is -1.39. The van der Waals surface area contributed by atoms with Gasteiger partial charge >= 0.3 is 0 Å². The fraction of sp³-hybridized carbons (Fsp3) is 0.851. The van der Waals surface area contributed by atoms with Gasteiger partial charge in [-0.2, -0.15) is 0 Å². The second-order valence-corrected chi connectivity index (χ2v) is 15.5. The Balaban J connectivity index is 3.59. The van der Waals surface area contributed by atoms with Crippen molar-refractivity contribution < 1.29 is 15.0 Å². The van der Waals surface area contributed by atoms with Crippen LogP contribution in [-0.4, -0.2) is 34.9 Å². The van der Waals surface area contributed by atoms with Crippen LogP contribution >= 0.6 is 0 Å². The molecule has 0 aromatic carbocycles. The first-order valence-corrected chi connectivity index (χ1v) is 22.7. The molecule has 0 rings (SSSR count). The van der Waals surface area contributed by atoms with Crippen LogP contribution in [0.15, 0.2) is 36.5 Å². The number of hydrogen-bond acceptors (Lipinski definition) is 3. The molecule has 0 saturated heterocycles. The van der Waals surface area contributed by atoms with E-state index < -0.39 is 12.1 Å². The lowest BCUT2D eigenvalue weighted by Gasteiger charge is -2.19. The van der Waals surface area contributed by atoms with Crippen molar-refractivity contribution in [3.05, 3.63) is 36.5 Å². The predicted octanol–water partition coefficient (Wildman–Crippen LogP) is 14.2. The number of carbonyl (C=O) groups is 1. The van der Waals surface area contributed by atoms with Gasteiger partial charge in [-0.15, -0.1) is 0 Å². The molecular weight excluding hydrogens is 627 g/mol. The van der Waals surface area contributed by atoms with Crippen LogP contribution in [-0.2, 0) is 4.79 Å². The van der Waals surface area contributed by atoms with E-state index in [4.69, 9.17) is 0 Å². The first kappa shape index (κ1) is 49.6. The smallest absolute Gasteiger partial charge is 0.220 e. The van der Waals surface area contributed by atoms with Crippen molar-refractivity contribution in [2.24, 2.45) is 0 Å². The zero-order chi connectivity index (χ0) is 37.1. The average molecular weight is 716 g/mol. The highest BCUT2D eigenvalue weighted by molar-refractivity contribution is 5.76. The van der Waals surface area contributed by atoms with Crippen molar-refractivity contribution in [3.63, 3.8) is 0 Å². The molecule has 4 nitrogen and oxygen atoms in total. The van der Waals surface area contributed by atoms with Gasteiger partial charge in [-0.25, -0.2) is 0 Å². The van der Waals surface area contributed by atoms with Gasteiger partial charge in [0.05, 0.1) is 18.8 Å². The Kier molecular flexibility index (Phi) is 41.8. The fourth-order valence-corrected chi connectivity index (χ4v) is 6.84. The lowest BCUT2D eigenvalue weighted by molar-refractivity contribution is -0.123. The number of aliphatic hydroxyl groups excluding tert-OH is 2. The first-order valence-electron chi connectivity index (χ1n) is 22.7. The highest BCUT2D eigenvalue weighted by atomic mass is 16.3. The topological polar surface area (TPSA) is 69.6 Å². The van der Waals surface area contributed by atoms with Gasteiger partial charge in [0.25, 0.3) is 0 Å². The van der Waals surface area contributed by atoms with Crippen molar-refractivity contribution in [1.29, 1.82) is 0 Å². The van der Waals surface area contributed by atoms with Gasteiger partial charge in [0.15, 0.2) is 0 Å². The summed E-state index contributed by atoms with van der Waals surface area (Å²) in [6, 6.07) is -0.638. The van der Waals surface area contributed by atoms with Crippen LogP contribution in [0, 0.1) is 0 Å². The second-order valence-electron chi connectivity index (χ2n) is 15.5. The van der Waals surface area contributed by atoms with Crippen LogP contribution in [0.1, 0.15) is 239 Å². The summed E-state index contributed by atoms with van der Waals surface area (Å²) < 4.78 is 0. The molecule has 2 unspecified atom stereocenters. The second kappa shape index (κ2) is 43.0. The summed E-state index contributed by atoms with van der Waals surface area (Å²) in [7, 11) is 0. The summed E-state index contributed by atoms with van der Waals surface area (Å²) in [4.78, 5) is 12.4. The van der Waals surface area contributed by atoms with Crippen LogP contribution in [0.5, 0.6) is 0 Å². The average Bonchev–Trinajstić information content (AvgIpc) is 3.13. The number of nitrogens with one attached hydrogen (secondary N) is 1. The summed E-state index contributed by atoms with van der Waals surface area (Å²) >= 11 is 0. The SMILES string of the molecule is CCCCCCCCCC/C=C\CCCCCCCCCCCC(=O)NC(CO)C(O)/C=C/CC/C=C/CCCCCCCCCCCCCC. The molecule has 0 aromatic heterocycles. The summed E-state index contributed by atoms with van der Waals surface area (Å²) in [6.07, 6.45) is 56.8. The third-order valence-corrected chi connectivity index (χ3v) is 10.3. The Morgan fingerprint density at radius 2 is 0.765 bits per heavy atom. The van der Waals surface area contributed by atoms with Crippen LogP contribution in [0.2, 0.25) is 0 Å². The van der Waals surface area contributed by atoms with Gasteiger partial charge in [-0.3, -0.25) is 4.79 Å². The summed E-state index contributed by atoms with van der Waals surface area (Å²) in [6.45, 7) is 4.31. The monoisotopic (exact) mass is 716 g/mol. The van der Waals surface area contributed by atoms with Crippen molar-refractivity contribution in [1.82, 2.24) is 5.32 Å². The molecular formula is C47H89NO3. The summed E-state index contributed by atoms with van der Waals surface area (Å²) in [5.74, 6) is -0.0749. The third kappa shape index (κ3) is 39.6. The quantitative estimate of drug-likeness (QED) is 0.0436. The van der Waals surface area contributed by atoms with E-state index in [0.717, 1.165) is 32.1 Å². The van der Waals surface area contributed by atoms with Gasteiger partial charge < -0.3 is 15.5 Å². The molecule has 0 radical (unpaired) electrons. The number of hydrogen-bond donors (Lipinski definition) is 3. The molecule has 2 atom stereocenters. The van der Waals surface area contributed by atoms with E-state index in [-0.39, 0.29) is 12.5 Å². The minimum atomic E-state index is -0.861. The molecule has 0 bridgehead atoms. The van der Waals surface area contributed by atoms with Crippen molar-refractivity contribution in [3.8, 4) is 0 Å². The standard InChI is InChI=1S/C47H89NO3/c1-3-5-7-9-11-13-15-17-19-21-23-24-25-27-29-31-33-35-37-39-41-43-47(51)48-45(44-49)46(50)42-40-38-36-34-32-30-28-26-22-20-18-16-14-12-10-8-6-4-2/h21,23,32,34,40,42,45-46,49-50H,3-20,22,24-31,33,35-39,41,43-44H2,1-2H3,(H,48,51)/b23-21-,34-32+,42-40+. The number of allylic oxidation sites excluding steroid dienone is 5. The summed E-state index contributed by atoms with van der Waals surface area (Å²) in [5.41, 5.74) is 0. The maximum Gasteiger partial charge on any atom is 0.220 e. The van der Waals surface area contributed by atoms with Gasteiger partial charge in [-0.1, -0.05) is 211 Å². The van der Waals surface area contributed by atoms with E-state index in [1.165, 1.54) is 186 Å². The number of unbranched alkanes of at least 4 members (excludes halogenated alkanes) is 30. The van der Waals surface area contributed by atoms with Crippen LogP contribution in [0.4, 0.5) is 0 Å². The largest absolute Gasteiger partial charge is 0.394 e. The van der Waals surface area contributed by atoms with Crippen molar-refractivity contribution >= 4 is 5.91 Å². The van der Waals surface area contributed by atoms with Gasteiger partial charge in [0.2, 0.25) is 5.91 Å². The lowest BCUT2D eigenvalue weighted by atomic mass is 10.0. The Labute approximate surface area is 319 Å². The molecule has 0 aliphatic rings. The number of carbonyl (C=O) groups excluding carboxylic acids is 1. The van der Waals surface area contributed by atoms with E-state index in [9.17, 15) is 15.0 Å². The minimum Gasteiger partial charge on any atom is -0.394 e. The van der Waals surface area contributed by atoms with Crippen LogP contribution < -0.4 is 5.32 Å². The summed E-state index contributed by atoms with van der Waals surface area (Å²) in [5, 5.41) is 23.0. The Bertz CT molecular complexity index is 775. The van der Waals surface area contributed by atoms with Crippen molar-refractivity contribution in [2.75, 3.05) is 6.61 Å². The molecule has 300 valence electrons. The molecule has 0 aromatic rings. The molecule has 1 amide bonds. The van der Waals surface area contributed by atoms with E-state index in [1.54, 1.807) is 6.08 Å².